The number of H-pyrrole nitrogens is 1. The fourth-order valence-electron chi connectivity index (χ4n) is 2.81. The van der Waals surface area contributed by atoms with Gasteiger partial charge in [0.25, 0.3) is 0 Å². The van der Waals surface area contributed by atoms with E-state index in [4.69, 9.17) is 0 Å². The van der Waals surface area contributed by atoms with Crippen LogP contribution in [0, 0.1) is 12.9 Å². The van der Waals surface area contributed by atoms with Crippen LogP contribution in [-0.4, -0.2) is 19.9 Å². The maximum atomic E-state index is 13.9. The molecule has 0 unspecified atom stereocenters. The number of nitrogens with one attached hydrogen (secondary N) is 1. The summed E-state index contributed by atoms with van der Waals surface area (Å²) in [6, 6.07) is 10.9. The van der Waals surface area contributed by atoms with Crippen LogP contribution < -0.4 is 0 Å². The summed E-state index contributed by atoms with van der Waals surface area (Å²) in [5.41, 5.74) is 5.47. The Balaban J connectivity index is 2.11. The van der Waals surface area contributed by atoms with Gasteiger partial charge in [-0.15, -0.1) is 0 Å². The summed E-state index contributed by atoms with van der Waals surface area (Å²) in [7, 11) is 0. The molecule has 24 heavy (non-hydrogen) atoms. The molecule has 4 aromatic heterocycles. The van der Waals surface area contributed by atoms with E-state index in [9.17, 15) is 4.39 Å². The molecular weight excluding hydrogens is 371 g/mol. The summed E-state index contributed by atoms with van der Waals surface area (Å²) in [5, 5.41) is 0. The predicted octanol–water partition coefficient (Wildman–Crippen LogP) is 4.90. The lowest BCUT2D eigenvalue weighted by Gasteiger charge is -2.04. The second-order valence-electron chi connectivity index (χ2n) is 5.44. The van der Waals surface area contributed by atoms with Crippen LogP contribution in [0.5, 0.6) is 0 Å². The van der Waals surface area contributed by atoms with Crippen molar-refractivity contribution in [2.75, 3.05) is 0 Å². The van der Waals surface area contributed by atoms with Gasteiger partial charge >= 0.3 is 0 Å². The topological polar surface area (TPSA) is 54.5 Å². The maximum Gasteiger partial charge on any atom is 0.213 e. The van der Waals surface area contributed by atoms with Crippen molar-refractivity contribution in [3.63, 3.8) is 0 Å². The zero-order valence-electron chi connectivity index (χ0n) is 12.7. The number of pyridine rings is 3. The van der Waals surface area contributed by atoms with E-state index in [0.29, 0.717) is 5.52 Å². The molecule has 0 aromatic carbocycles. The molecule has 0 aliphatic carbocycles. The Kier molecular flexibility index (Phi) is 3.61. The third-order valence-corrected chi connectivity index (χ3v) is 4.29. The molecule has 6 heteroatoms. The fraction of sp³-hybridized carbons (Fsp3) is 0.0556. The average Bonchev–Trinajstić information content (AvgIpc) is 2.95. The van der Waals surface area contributed by atoms with E-state index in [0.717, 1.165) is 38.2 Å². The van der Waals surface area contributed by atoms with Gasteiger partial charge in [-0.25, -0.2) is 9.97 Å². The lowest BCUT2D eigenvalue weighted by molar-refractivity contribution is 0.588. The zero-order chi connectivity index (χ0) is 16.7. The summed E-state index contributed by atoms with van der Waals surface area (Å²) >= 11 is 3.39. The van der Waals surface area contributed by atoms with Crippen molar-refractivity contribution in [3.05, 3.63) is 64.9 Å². The molecule has 0 aliphatic heterocycles. The Morgan fingerprint density at radius 3 is 2.71 bits per heavy atom. The second kappa shape index (κ2) is 5.79. The number of halogens is 2. The average molecular weight is 383 g/mol. The third-order valence-electron chi connectivity index (χ3n) is 3.86. The number of hydrogen-bond donors (Lipinski definition) is 1. The highest BCUT2D eigenvalue weighted by Crippen LogP contribution is 2.37. The van der Waals surface area contributed by atoms with Crippen LogP contribution >= 0.6 is 15.9 Å². The van der Waals surface area contributed by atoms with Gasteiger partial charge in [0.05, 0.1) is 22.5 Å². The fourth-order valence-corrected chi connectivity index (χ4v) is 3.18. The van der Waals surface area contributed by atoms with Crippen molar-refractivity contribution < 1.29 is 4.39 Å². The predicted molar refractivity (Wildman–Crippen MR) is 95.0 cm³/mol. The number of aromatic amines is 1. The van der Waals surface area contributed by atoms with Crippen LogP contribution in [0.25, 0.3) is 33.5 Å². The van der Waals surface area contributed by atoms with Crippen LogP contribution in [0.3, 0.4) is 0 Å². The van der Waals surface area contributed by atoms with Crippen molar-refractivity contribution in [3.8, 4) is 22.5 Å². The van der Waals surface area contributed by atoms with Crippen LogP contribution in [-0.2, 0) is 0 Å². The van der Waals surface area contributed by atoms with Crippen LogP contribution in [0.2, 0.25) is 0 Å². The molecule has 4 aromatic rings. The summed E-state index contributed by atoms with van der Waals surface area (Å²) in [4.78, 5) is 16.1. The van der Waals surface area contributed by atoms with E-state index in [2.05, 4.69) is 35.9 Å². The molecule has 0 fully saturated rings. The van der Waals surface area contributed by atoms with E-state index in [1.807, 2.05) is 37.3 Å². The van der Waals surface area contributed by atoms with Gasteiger partial charge in [0.2, 0.25) is 5.95 Å². The smallest absolute Gasteiger partial charge is 0.213 e. The lowest BCUT2D eigenvalue weighted by Crippen LogP contribution is -1.89. The Morgan fingerprint density at radius 1 is 1.08 bits per heavy atom. The molecule has 4 heterocycles. The maximum absolute atomic E-state index is 13.9. The first kappa shape index (κ1) is 15.0. The van der Waals surface area contributed by atoms with Gasteiger partial charge in [0.15, 0.2) is 0 Å². The molecule has 0 saturated heterocycles. The molecule has 118 valence electrons. The van der Waals surface area contributed by atoms with E-state index < -0.39 is 5.95 Å². The molecule has 4 rings (SSSR count). The van der Waals surface area contributed by atoms with Crippen molar-refractivity contribution in [2.45, 2.75) is 6.92 Å². The normalized spacial score (nSPS) is 11.1. The van der Waals surface area contributed by atoms with Crippen LogP contribution in [0.1, 0.15) is 5.56 Å². The van der Waals surface area contributed by atoms with Crippen molar-refractivity contribution in [1.29, 1.82) is 0 Å². The highest BCUT2D eigenvalue weighted by atomic mass is 79.9. The molecule has 0 bridgehead atoms. The Labute approximate surface area is 145 Å². The largest absolute Gasteiger partial charge is 0.352 e. The summed E-state index contributed by atoms with van der Waals surface area (Å²) in [6.07, 6.45) is 3.43. The first-order valence-corrected chi connectivity index (χ1v) is 8.15. The van der Waals surface area contributed by atoms with E-state index >= 15 is 0 Å². The van der Waals surface area contributed by atoms with Gasteiger partial charge in [-0.05, 0) is 58.7 Å². The number of nitrogens with zero attached hydrogens (tertiary/aromatic N) is 3. The minimum atomic E-state index is -0.501. The minimum absolute atomic E-state index is 0.501. The Morgan fingerprint density at radius 2 is 1.96 bits per heavy atom. The molecule has 0 atom stereocenters. The number of rotatable bonds is 2. The Hall–Kier alpha value is -2.60. The highest BCUT2D eigenvalue weighted by Gasteiger charge is 2.19. The van der Waals surface area contributed by atoms with Gasteiger partial charge in [0.1, 0.15) is 10.1 Å². The van der Waals surface area contributed by atoms with Crippen molar-refractivity contribution >= 4 is 27.0 Å². The molecule has 0 aliphatic rings. The summed E-state index contributed by atoms with van der Waals surface area (Å²) in [5.74, 6) is -0.501. The molecule has 0 saturated carbocycles. The van der Waals surface area contributed by atoms with Crippen LogP contribution in [0.4, 0.5) is 4.39 Å². The van der Waals surface area contributed by atoms with Gasteiger partial charge in [-0.3, -0.25) is 4.98 Å². The molecule has 0 radical (unpaired) electrons. The Bertz CT molecular complexity index is 1040. The van der Waals surface area contributed by atoms with Gasteiger partial charge < -0.3 is 4.98 Å². The summed E-state index contributed by atoms with van der Waals surface area (Å²) in [6.45, 7) is 1.86. The van der Waals surface area contributed by atoms with E-state index in [1.54, 1.807) is 12.4 Å². The molecular formula is C18H12BrFN4. The lowest BCUT2D eigenvalue weighted by atomic mass is 10.0. The van der Waals surface area contributed by atoms with E-state index in [-0.39, 0.29) is 0 Å². The van der Waals surface area contributed by atoms with Crippen LogP contribution in [0.15, 0.2) is 53.4 Å². The number of aryl methyl sites for hydroxylation is 1. The standard InChI is InChI=1S/C18H12BrFN4/c1-10-8-14(20)23-18-15(12-4-2-3-6-21-12)17(24-16(10)18)11-5-7-22-13(19)9-11/h2-9,24H,1H3. The first-order chi connectivity index (χ1) is 11.6. The van der Waals surface area contributed by atoms with Gasteiger partial charge in [-0.2, -0.15) is 4.39 Å². The number of aromatic nitrogens is 4. The number of fused-ring (bicyclic) bond motifs is 1. The third kappa shape index (κ3) is 2.49. The highest BCUT2D eigenvalue weighted by molar-refractivity contribution is 9.10. The molecule has 0 amide bonds. The second-order valence-corrected chi connectivity index (χ2v) is 6.26. The van der Waals surface area contributed by atoms with Gasteiger partial charge in [-0.1, -0.05) is 6.07 Å². The molecule has 0 spiro atoms. The summed E-state index contributed by atoms with van der Waals surface area (Å²) < 4.78 is 14.6. The van der Waals surface area contributed by atoms with Gasteiger partial charge in [0, 0.05) is 18.0 Å². The van der Waals surface area contributed by atoms with Crippen molar-refractivity contribution in [1.82, 2.24) is 19.9 Å². The minimum Gasteiger partial charge on any atom is -0.352 e. The molecule has 4 nitrogen and oxygen atoms in total. The number of hydrogen-bond acceptors (Lipinski definition) is 3. The quantitative estimate of drug-likeness (QED) is 0.501. The van der Waals surface area contributed by atoms with E-state index in [1.165, 1.54) is 6.07 Å². The molecule has 1 N–H and O–H groups in total. The van der Waals surface area contributed by atoms with Crippen molar-refractivity contribution in [2.24, 2.45) is 0 Å². The zero-order valence-corrected chi connectivity index (χ0v) is 14.3. The SMILES string of the molecule is Cc1cc(F)nc2c(-c3ccccn3)c(-c3ccnc(Br)c3)[nH]c12. The monoisotopic (exact) mass is 382 g/mol. The first-order valence-electron chi connectivity index (χ1n) is 7.35.